The number of likely N-dealkylation sites (tertiary alicyclic amines) is 1. The number of carboxylic acids is 1. The van der Waals surface area contributed by atoms with Gasteiger partial charge in [0.1, 0.15) is 0 Å². The molecule has 0 spiro atoms. The third-order valence-corrected chi connectivity index (χ3v) is 2.74. The van der Waals surface area contributed by atoms with Crippen LogP contribution in [0.3, 0.4) is 0 Å². The van der Waals surface area contributed by atoms with Gasteiger partial charge in [-0.1, -0.05) is 0 Å². The number of hydrogen-bond acceptors (Lipinski definition) is 3. The summed E-state index contributed by atoms with van der Waals surface area (Å²) in [6, 6.07) is -0.253. The van der Waals surface area contributed by atoms with Crippen LogP contribution in [0.25, 0.3) is 0 Å². The molecule has 1 fully saturated rings. The molecule has 0 bridgehead atoms. The number of hydrogen-bond donors (Lipinski definition) is 3. The van der Waals surface area contributed by atoms with E-state index in [1.807, 2.05) is 0 Å². The van der Waals surface area contributed by atoms with Crippen LogP contribution in [-0.4, -0.2) is 52.3 Å². The van der Waals surface area contributed by atoms with Crippen LogP contribution in [0, 0.1) is 0 Å². The minimum atomic E-state index is -0.929. The molecule has 0 radical (unpaired) electrons. The van der Waals surface area contributed by atoms with Crippen molar-refractivity contribution in [3.63, 3.8) is 0 Å². The molecular weight excluding hydrogens is 212 g/mol. The summed E-state index contributed by atoms with van der Waals surface area (Å²) >= 11 is 0. The number of aliphatic hydroxyl groups is 1. The van der Waals surface area contributed by atoms with Crippen molar-refractivity contribution < 1.29 is 19.8 Å². The summed E-state index contributed by atoms with van der Waals surface area (Å²) in [7, 11) is 0. The number of carbonyl (C=O) groups excluding carboxylic acids is 1. The molecule has 0 aromatic carbocycles. The van der Waals surface area contributed by atoms with Gasteiger partial charge in [-0.05, 0) is 19.8 Å². The number of rotatable bonds is 3. The summed E-state index contributed by atoms with van der Waals surface area (Å²) in [6.45, 7) is 2.91. The van der Waals surface area contributed by atoms with Crippen LogP contribution < -0.4 is 5.32 Å². The van der Waals surface area contributed by atoms with Gasteiger partial charge in [0, 0.05) is 19.6 Å². The normalized spacial score (nSPS) is 19.2. The van der Waals surface area contributed by atoms with Crippen LogP contribution >= 0.6 is 0 Å². The Labute approximate surface area is 94.2 Å². The van der Waals surface area contributed by atoms with E-state index in [4.69, 9.17) is 5.11 Å². The molecular formula is C10H18N2O4. The first kappa shape index (κ1) is 12.8. The molecule has 0 atom stereocenters. The summed E-state index contributed by atoms with van der Waals surface area (Å²) in [5, 5.41) is 20.6. The molecule has 1 saturated heterocycles. The first-order valence-corrected chi connectivity index (χ1v) is 5.38. The quantitative estimate of drug-likeness (QED) is 0.637. The van der Waals surface area contributed by atoms with Crippen molar-refractivity contribution in [3.8, 4) is 0 Å². The smallest absolute Gasteiger partial charge is 0.317 e. The van der Waals surface area contributed by atoms with Gasteiger partial charge in [0.15, 0.2) is 0 Å². The zero-order valence-corrected chi connectivity index (χ0v) is 9.40. The van der Waals surface area contributed by atoms with Crippen molar-refractivity contribution >= 4 is 12.0 Å². The lowest BCUT2D eigenvalue weighted by atomic mass is 9.94. The monoisotopic (exact) mass is 230 g/mol. The minimum absolute atomic E-state index is 0.0721. The molecule has 0 unspecified atom stereocenters. The Kier molecular flexibility index (Phi) is 4.12. The molecule has 92 valence electrons. The standard InChI is InChI=1S/C10H18N2O4/c1-10(16)3-6-12(7-4-10)9(15)11-5-2-8(13)14/h16H,2-7H2,1H3,(H,11,15)(H,13,14). The van der Waals surface area contributed by atoms with Crippen LogP contribution in [0.5, 0.6) is 0 Å². The van der Waals surface area contributed by atoms with Crippen molar-refractivity contribution in [2.24, 2.45) is 0 Å². The number of urea groups is 1. The number of aliphatic carboxylic acids is 1. The van der Waals surface area contributed by atoms with Gasteiger partial charge in [-0.2, -0.15) is 0 Å². The SMILES string of the molecule is CC1(O)CCN(C(=O)NCCC(=O)O)CC1. The predicted molar refractivity (Wildman–Crippen MR) is 57.1 cm³/mol. The van der Waals surface area contributed by atoms with E-state index in [0.717, 1.165) is 0 Å². The van der Waals surface area contributed by atoms with Crippen molar-refractivity contribution in [2.45, 2.75) is 31.8 Å². The van der Waals surface area contributed by atoms with E-state index in [-0.39, 0.29) is 19.0 Å². The summed E-state index contributed by atoms with van der Waals surface area (Å²) in [5.41, 5.74) is -0.683. The lowest BCUT2D eigenvalue weighted by Gasteiger charge is -2.35. The van der Waals surface area contributed by atoms with E-state index >= 15 is 0 Å². The Morgan fingerprint density at radius 3 is 2.44 bits per heavy atom. The van der Waals surface area contributed by atoms with Crippen LogP contribution in [0.1, 0.15) is 26.2 Å². The first-order valence-electron chi connectivity index (χ1n) is 5.38. The highest BCUT2D eigenvalue weighted by Crippen LogP contribution is 2.20. The molecule has 16 heavy (non-hydrogen) atoms. The van der Waals surface area contributed by atoms with Gasteiger partial charge in [-0.3, -0.25) is 4.79 Å². The largest absolute Gasteiger partial charge is 0.481 e. The zero-order valence-electron chi connectivity index (χ0n) is 9.40. The average Bonchev–Trinajstić information content (AvgIpc) is 2.16. The van der Waals surface area contributed by atoms with Gasteiger partial charge in [0.25, 0.3) is 0 Å². The second-order valence-corrected chi connectivity index (χ2v) is 4.36. The molecule has 0 aliphatic carbocycles. The Hall–Kier alpha value is -1.30. The molecule has 0 aromatic rings. The highest BCUT2D eigenvalue weighted by Gasteiger charge is 2.29. The van der Waals surface area contributed by atoms with Crippen molar-refractivity contribution in [2.75, 3.05) is 19.6 Å². The minimum Gasteiger partial charge on any atom is -0.481 e. The number of amides is 2. The first-order chi connectivity index (χ1) is 7.41. The summed E-state index contributed by atoms with van der Waals surface area (Å²) in [5.74, 6) is -0.929. The highest BCUT2D eigenvalue weighted by atomic mass is 16.4. The number of nitrogens with zero attached hydrogens (tertiary/aromatic N) is 1. The molecule has 2 amide bonds. The van der Waals surface area contributed by atoms with Gasteiger partial charge in [-0.25, -0.2) is 4.79 Å². The van der Waals surface area contributed by atoms with E-state index in [1.54, 1.807) is 11.8 Å². The topological polar surface area (TPSA) is 89.9 Å². The Morgan fingerprint density at radius 2 is 1.94 bits per heavy atom. The number of carbonyl (C=O) groups is 2. The summed E-state index contributed by atoms with van der Waals surface area (Å²) in [4.78, 5) is 23.4. The van der Waals surface area contributed by atoms with E-state index in [0.29, 0.717) is 25.9 Å². The van der Waals surface area contributed by atoms with Gasteiger partial charge < -0.3 is 20.4 Å². The molecule has 6 heteroatoms. The Balaban J connectivity index is 2.25. The number of carboxylic acid groups (broad SMARTS) is 1. The molecule has 1 aliphatic rings. The number of nitrogens with one attached hydrogen (secondary N) is 1. The van der Waals surface area contributed by atoms with Gasteiger partial charge in [0.05, 0.1) is 12.0 Å². The molecule has 1 aliphatic heterocycles. The maximum atomic E-state index is 11.5. The Bertz CT molecular complexity index is 268. The fourth-order valence-electron chi connectivity index (χ4n) is 1.58. The lowest BCUT2D eigenvalue weighted by Crippen LogP contribution is -2.49. The summed E-state index contributed by atoms with van der Waals surface area (Å²) in [6.07, 6.45) is 1.04. The molecule has 0 aromatic heterocycles. The van der Waals surface area contributed by atoms with Crippen LogP contribution in [0.2, 0.25) is 0 Å². The van der Waals surface area contributed by atoms with E-state index in [2.05, 4.69) is 5.32 Å². The molecule has 1 rings (SSSR count). The van der Waals surface area contributed by atoms with Gasteiger partial charge >= 0.3 is 12.0 Å². The summed E-state index contributed by atoms with van der Waals surface area (Å²) < 4.78 is 0. The van der Waals surface area contributed by atoms with Crippen LogP contribution in [0.15, 0.2) is 0 Å². The fraction of sp³-hybridized carbons (Fsp3) is 0.800. The van der Waals surface area contributed by atoms with E-state index in [1.165, 1.54) is 0 Å². The van der Waals surface area contributed by atoms with Crippen LogP contribution in [0.4, 0.5) is 4.79 Å². The predicted octanol–water partition coefficient (Wildman–Crippen LogP) is 0.0175. The van der Waals surface area contributed by atoms with E-state index < -0.39 is 11.6 Å². The molecule has 3 N–H and O–H groups in total. The maximum absolute atomic E-state index is 11.5. The zero-order chi connectivity index (χ0) is 12.2. The van der Waals surface area contributed by atoms with Gasteiger partial charge in [-0.15, -0.1) is 0 Å². The second kappa shape index (κ2) is 5.16. The third-order valence-electron chi connectivity index (χ3n) is 2.74. The molecule has 0 saturated carbocycles. The highest BCUT2D eigenvalue weighted by molar-refractivity contribution is 5.75. The van der Waals surface area contributed by atoms with Crippen molar-refractivity contribution in [1.82, 2.24) is 10.2 Å². The van der Waals surface area contributed by atoms with Gasteiger partial charge in [0.2, 0.25) is 0 Å². The van der Waals surface area contributed by atoms with Crippen LogP contribution in [-0.2, 0) is 4.79 Å². The Morgan fingerprint density at radius 1 is 1.38 bits per heavy atom. The maximum Gasteiger partial charge on any atom is 0.317 e. The van der Waals surface area contributed by atoms with E-state index in [9.17, 15) is 14.7 Å². The van der Waals surface area contributed by atoms with Crippen molar-refractivity contribution in [3.05, 3.63) is 0 Å². The van der Waals surface area contributed by atoms with Crippen molar-refractivity contribution in [1.29, 1.82) is 0 Å². The fourth-order valence-corrected chi connectivity index (χ4v) is 1.58. The second-order valence-electron chi connectivity index (χ2n) is 4.36. The average molecular weight is 230 g/mol. The molecule has 1 heterocycles. The number of piperidine rings is 1. The third kappa shape index (κ3) is 4.06. The lowest BCUT2D eigenvalue weighted by molar-refractivity contribution is -0.136. The molecule has 6 nitrogen and oxygen atoms in total.